The van der Waals surface area contributed by atoms with Crippen LogP contribution in [0.15, 0.2) is 12.1 Å². The highest BCUT2D eigenvalue weighted by Crippen LogP contribution is 2.23. The average Bonchev–Trinajstić information content (AvgIpc) is 2.98. The number of nitrogens with one attached hydrogen (secondary N) is 1. The van der Waals surface area contributed by atoms with Crippen molar-refractivity contribution in [3.8, 4) is 0 Å². The maximum atomic E-state index is 5.25. The fourth-order valence-corrected chi connectivity index (χ4v) is 3.57. The number of rotatable bonds is 7. The third kappa shape index (κ3) is 4.88. The summed E-state index contributed by atoms with van der Waals surface area (Å²) < 4.78 is 5.25. The number of nitrogens with zero attached hydrogens (tertiary/aromatic N) is 1. The minimum atomic E-state index is 0.555. The van der Waals surface area contributed by atoms with E-state index in [1.807, 2.05) is 11.3 Å². The Kier molecular flexibility index (Phi) is 5.82. The lowest BCUT2D eigenvalue weighted by Crippen LogP contribution is -2.21. The third-order valence-electron chi connectivity index (χ3n) is 3.55. The lowest BCUT2D eigenvalue weighted by atomic mass is 10.1. The Hall–Kier alpha value is -0.420. The molecule has 108 valence electrons. The summed E-state index contributed by atoms with van der Waals surface area (Å²) >= 11 is 1.94. The highest BCUT2D eigenvalue weighted by atomic mass is 32.1. The predicted molar refractivity (Wildman–Crippen MR) is 81.6 cm³/mol. The van der Waals surface area contributed by atoms with E-state index >= 15 is 0 Å². The Labute approximate surface area is 121 Å². The summed E-state index contributed by atoms with van der Waals surface area (Å²) in [5, 5.41) is 3.47. The van der Waals surface area contributed by atoms with Crippen molar-refractivity contribution in [2.24, 2.45) is 5.92 Å². The van der Waals surface area contributed by atoms with E-state index in [1.54, 1.807) is 7.11 Å². The highest BCUT2D eigenvalue weighted by molar-refractivity contribution is 7.11. The molecule has 0 aromatic carbocycles. The van der Waals surface area contributed by atoms with Crippen molar-refractivity contribution >= 4 is 11.3 Å². The van der Waals surface area contributed by atoms with Gasteiger partial charge in [-0.05, 0) is 31.0 Å². The van der Waals surface area contributed by atoms with Crippen LogP contribution in [0.4, 0.5) is 0 Å². The van der Waals surface area contributed by atoms with Crippen LogP contribution in [0.5, 0.6) is 0 Å². The number of hydrogen-bond donors (Lipinski definition) is 1. The zero-order chi connectivity index (χ0) is 13.7. The summed E-state index contributed by atoms with van der Waals surface area (Å²) in [6.45, 7) is 9.78. The molecule has 2 rings (SSSR count). The van der Waals surface area contributed by atoms with Crippen molar-refractivity contribution in [3.63, 3.8) is 0 Å². The van der Waals surface area contributed by atoms with Gasteiger partial charge in [0.15, 0.2) is 0 Å². The maximum absolute atomic E-state index is 5.25. The van der Waals surface area contributed by atoms with Gasteiger partial charge in [-0.25, -0.2) is 0 Å². The van der Waals surface area contributed by atoms with Crippen LogP contribution < -0.4 is 5.32 Å². The van der Waals surface area contributed by atoms with E-state index in [0.29, 0.717) is 6.04 Å². The summed E-state index contributed by atoms with van der Waals surface area (Å²) in [4.78, 5) is 5.48. The number of hydrogen-bond acceptors (Lipinski definition) is 4. The molecule has 1 N–H and O–H groups in total. The van der Waals surface area contributed by atoms with Gasteiger partial charge in [0.05, 0.1) is 6.61 Å². The molecule has 1 aromatic heterocycles. The summed E-state index contributed by atoms with van der Waals surface area (Å²) in [6, 6.07) is 5.10. The van der Waals surface area contributed by atoms with Gasteiger partial charge in [-0.3, -0.25) is 4.90 Å². The summed E-state index contributed by atoms with van der Waals surface area (Å²) in [5.74, 6) is 0.729. The van der Waals surface area contributed by atoms with Crippen LogP contribution in [0.25, 0.3) is 0 Å². The molecule has 1 fully saturated rings. The van der Waals surface area contributed by atoms with Crippen molar-refractivity contribution in [1.82, 2.24) is 10.2 Å². The van der Waals surface area contributed by atoms with Crippen LogP contribution in [0.1, 0.15) is 30.0 Å². The number of likely N-dealkylation sites (tertiary alicyclic amines) is 1. The third-order valence-corrected chi connectivity index (χ3v) is 4.62. The second kappa shape index (κ2) is 7.39. The fourth-order valence-electron chi connectivity index (χ4n) is 2.56. The molecule has 1 saturated heterocycles. The van der Waals surface area contributed by atoms with Crippen LogP contribution in [0.3, 0.4) is 0 Å². The zero-order valence-corrected chi connectivity index (χ0v) is 13.1. The van der Waals surface area contributed by atoms with Gasteiger partial charge in [0.25, 0.3) is 0 Å². The second-order valence-electron chi connectivity index (χ2n) is 5.75. The molecule has 19 heavy (non-hydrogen) atoms. The Morgan fingerprint density at radius 1 is 1.42 bits per heavy atom. The molecule has 1 aliphatic rings. The minimum Gasteiger partial charge on any atom is -0.384 e. The average molecular weight is 282 g/mol. The molecule has 0 amide bonds. The monoisotopic (exact) mass is 282 g/mol. The smallest absolute Gasteiger partial charge is 0.0503 e. The van der Waals surface area contributed by atoms with Gasteiger partial charge in [-0.1, -0.05) is 13.8 Å². The fraction of sp³-hybridized carbons (Fsp3) is 0.733. The number of thiophene rings is 1. The standard InChI is InChI=1S/C15H26N2OS/c1-12(2)16-8-14-4-5-15(19-14)10-17-7-6-13(9-17)11-18-3/h4-5,12-13,16H,6-11H2,1-3H3. The number of methoxy groups -OCH3 is 1. The van der Waals surface area contributed by atoms with E-state index in [2.05, 4.69) is 36.2 Å². The van der Waals surface area contributed by atoms with Gasteiger partial charge in [0.1, 0.15) is 0 Å². The van der Waals surface area contributed by atoms with Crippen molar-refractivity contribution < 1.29 is 4.74 Å². The van der Waals surface area contributed by atoms with Gasteiger partial charge < -0.3 is 10.1 Å². The zero-order valence-electron chi connectivity index (χ0n) is 12.3. The molecule has 0 spiro atoms. The molecule has 1 aliphatic heterocycles. The molecular weight excluding hydrogens is 256 g/mol. The van der Waals surface area contributed by atoms with Gasteiger partial charge in [-0.2, -0.15) is 0 Å². The molecule has 1 aromatic rings. The molecular formula is C15H26N2OS. The molecule has 0 aliphatic carbocycles. The molecule has 1 atom stereocenters. The summed E-state index contributed by atoms with van der Waals surface area (Å²) in [5.41, 5.74) is 0. The van der Waals surface area contributed by atoms with E-state index in [4.69, 9.17) is 4.74 Å². The molecule has 0 saturated carbocycles. The largest absolute Gasteiger partial charge is 0.384 e. The molecule has 4 heteroatoms. The molecule has 2 heterocycles. The first kappa shape index (κ1) is 15.0. The maximum Gasteiger partial charge on any atom is 0.0503 e. The Balaban J connectivity index is 1.77. The topological polar surface area (TPSA) is 24.5 Å². The van der Waals surface area contributed by atoms with E-state index in [1.165, 1.54) is 29.3 Å². The number of ether oxygens (including phenoxy) is 1. The second-order valence-corrected chi connectivity index (χ2v) is 7.00. The van der Waals surface area contributed by atoms with Crippen LogP contribution in [0, 0.1) is 5.92 Å². The van der Waals surface area contributed by atoms with Crippen molar-refractivity contribution in [3.05, 3.63) is 21.9 Å². The van der Waals surface area contributed by atoms with Crippen LogP contribution in [-0.4, -0.2) is 37.7 Å². The molecule has 1 unspecified atom stereocenters. The van der Waals surface area contributed by atoms with E-state index in [-0.39, 0.29) is 0 Å². The Morgan fingerprint density at radius 3 is 2.95 bits per heavy atom. The van der Waals surface area contributed by atoms with Crippen LogP contribution in [-0.2, 0) is 17.8 Å². The first-order valence-corrected chi connectivity index (χ1v) is 8.01. The Morgan fingerprint density at radius 2 is 2.21 bits per heavy atom. The predicted octanol–water partition coefficient (Wildman–Crippen LogP) is 2.71. The lowest BCUT2D eigenvalue weighted by Gasteiger charge is -2.14. The van der Waals surface area contributed by atoms with E-state index < -0.39 is 0 Å². The summed E-state index contributed by atoms with van der Waals surface area (Å²) in [6.07, 6.45) is 1.28. The lowest BCUT2D eigenvalue weighted by molar-refractivity contribution is 0.153. The van der Waals surface area contributed by atoms with Crippen molar-refractivity contribution in [2.75, 3.05) is 26.8 Å². The minimum absolute atomic E-state index is 0.555. The van der Waals surface area contributed by atoms with Gasteiger partial charge >= 0.3 is 0 Å². The quantitative estimate of drug-likeness (QED) is 0.832. The highest BCUT2D eigenvalue weighted by Gasteiger charge is 2.22. The first-order valence-electron chi connectivity index (χ1n) is 7.19. The Bertz CT molecular complexity index is 378. The van der Waals surface area contributed by atoms with E-state index in [9.17, 15) is 0 Å². The normalized spacial score (nSPS) is 20.5. The van der Waals surface area contributed by atoms with Gasteiger partial charge in [-0.15, -0.1) is 11.3 Å². The molecule has 3 nitrogen and oxygen atoms in total. The van der Waals surface area contributed by atoms with E-state index in [0.717, 1.165) is 25.6 Å². The van der Waals surface area contributed by atoms with Crippen LogP contribution in [0.2, 0.25) is 0 Å². The van der Waals surface area contributed by atoms with Crippen LogP contribution >= 0.6 is 11.3 Å². The van der Waals surface area contributed by atoms with Gasteiger partial charge in [0.2, 0.25) is 0 Å². The SMILES string of the molecule is COCC1CCN(Cc2ccc(CNC(C)C)s2)C1. The van der Waals surface area contributed by atoms with Crippen molar-refractivity contribution in [1.29, 1.82) is 0 Å². The van der Waals surface area contributed by atoms with Crippen molar-refractivity contribution in [2.45, 2.75) is 39.4 Å². The van der Waals surface area contributed by atoms with Gasteiger partial charge in [0, 0.05) is 42.5 Å². The summed E-state index contributed by atoms with van der Waals surface area (Å²) in [7, 11) is 1.80. The molecule has 0 bridgehead atoms. The first-order chi connectivity index (χ1) is 9.17. The molecule has 0 radical (unpaired) electrons.